The van der Waals surface area contributed by atoms with Crippen LogP contribution < -0.4 is 15.8 Å². The minimum atomic E-state index is -0.411. The van der Waals surface area contributed by atoms with Crippen LogP contribution in [0.1, 0.15) is 19.8 Å². The van der Waals surface area contributed by atoms with Crippen molar-refractivity contribution in [3.63, 3.8) is 0 Å². The highest BCUT2D eigenvalue weighted by molar-refractivity contribution is 5.69. The van der Waals surface area contributed by atoms with Gasteiger partial charge in [0.2, 0.25) is 0 Å². The summed E-state index contributed by atoms with van der Waals surface area (Å²) in [5, 5.41) is 3.39. The van der Waals surface area contributed by atoms with Crippen molar-refractivity contribution in [2.75, 3.05) is 37.8 Å². The third-order valence-corrected chi connectivity index (χ3v) is 3.39. The van der Waals surface area contributed by atoms with Gasteiger partial charge in [0, 0.05) is 24.7 Å². The Morgan fingerprint density at radius 3 is 3.00 bits per heavy atom. The van der Waals surface area contributed by atoms with Crippen LogP contribution in [-0.4, -0.2) is 37.7 Å². The van der Waals surface area contributed by atoms with Gasteiger partial charge in [-0.2, -0.15) is 0 Å². The number of hydrogen-bond donors (Lipinski definition) is 2. The smallest absolute Gasteiger partial charge is 0.167 e. The lowest BCUT2D eigenvalue weighted by molar-refractivity contribution is 0.261. The molecule has 2 rings (SSSR count). The zero-order valence-electron chi connectivity index (χ0n) is 11.6. The lowest BCUT2D eigenvalue weighted by Gasteiger charge is -2.31. The van der Waals surface area contributed by atoms with E-state index in [9.17, 15) is 4.39 Å². The highest BCUT2D eigenvalue weighted by atomic mass is 19.1. The molecule has 1 saturated heterocycles. The molecule has 1 aliphatic rings. The first-order chi connectivity index (χ1) is 9.10. The Kier molecular flexibility index (Phi) is 4.47. The fourth-order valence-electron chi connectivity index (χ4n) is 2.46. The minimum absolute atomic E-state index is 0.253. The molecule has 1 aromatic carbocycles. The number of nitrogens with two attached hydrogens (primary N) is 1. The molecule has 0 bridgehead atoms. The molecule has 0 radical (unpaired) electrons. The summed E-state index contributed by atoms with van der Waals surface area (Å²) in [6.45, 7) is 4.37. The van der Waals surface area contributed by atoms with E-state index in [0.717, 1.165) is 31.6 Å². The van der Waals surface area contributed by atoms with Gasteiger partial charge in [-0.15, -0.1) is 0 Å². The van der Waals surface area contributed by atoms with Gasteiger partial charge in [-0.3, -0.25) is 0 Å². The van der Waals surface area contributed by atoms with Crippen molar-refractivity contribution >= 4 is 11.4 Å². The van der Waals surface area contributed by atoms with E-state index in [1.165, 1.54) is 6.07 Å². The van der Waals surface area contributed by atoms with Gasteiger partial charge in [0.1, 0.15) is 0 Å². The maximum absolute atomic E-state index is 13.6. The summed E-state index contributed by atoms with van der Waals surface area (Å²) in [5.41, 5.74) is 7.05. The predicted octanol–water partition coefficient (Wildman–Crippen LogP) is 2.31. The molecular formula is C14H22FN3O. The molecule has 1 heterocycles. The zero-order chi connectivity index (χ0) is 13.8. The van der Waals surface area contributed by atoms with E-state index in [1.54, 1.807) is 6.07 Å². The summed E-state index contributed by atoms with van der Waals surface area (Å²) >= 11 is 0. The number of nitrogen functional groups attached to an aromatic ring is 1. The van der Waals surface area contributed by atoms with Crippen LogP contribution in [0.4, 0.5) is 15.8 Å². The first kappa shape index (κ1) is 13.9. The lowest BCUT2D eigenvalue weighted by atomic mass is 10.1. The standard InChI is InChI=1S/C14H22FN3O/c1-3-19-14-8-13(12(16)7-11(14)15)17-10-5-4-6-18(2)9-10/h7-8,10,17H,3-6,9,16H2,1-2H3. The van der Waals surface area contributed by atoms with Gasteiger partial charge in [-0.05, 0) is 33.4 Å². The summed E-state index contributed by atoms with van der Waals surface area (Å²) in [6, 6.07) is 3.32. The maximum atomic E-state index is 13.6. The number of likely N-dealkylation sites (N-methyl/N-ethyl adjacent to an activating group) is 1. The van der Waals surface area contributed by atoms with Gasteiger partial charge >= 0.3 is 0 Å². The van der Waals surface area contributed by atoms with Crippen molar-refractivity contribution in [2.24, 2.45) is 0 Å². The Labute approximate surface area is 113 Å². The SMILES string of the molecule is CCOc1cc(NC2CCCN(C)C2)c(N)cc1F. The summed E-state index contributed by atoms with van der Waals surface area (Å²) in [5.74, 6) is -0.158. The van der Waals surface area contributed by atoms with Crippen LogP contribution in [0.15, 0.2) is 12.1 Å². The van der Waals surface area contributed by atoms with Crippen molar-refractivity contribution in [1.82, 2.24) is 4.90 Å². The van der Waals surface area contributed by atoms with E-state index in [4.69, 9.17) is 10.5 Å². The quantitative estimate of drug-likeness (QED) is 0.822. The molecule has 0 aliphatic carbocycles. The Morgan fingerprint density at radius 1 is 1.53 bits per heavy atom. The predicted molar refractivity (Wildman–Crippen MR) is 76.1 cm³/mol. The lowest BCUT2D eigenvalue weighted by Crippen LogP contribution is -2.39. The van der Waals surface area contributed by atoms with Crippen LogP contribution in [0.2, 0.25) is 0 Å². The number of anilines is 2. The van der Waals surface area contributed by atoms with Crippen LogP contribution in [0.3, 0.4) is 0 Å². The Hall–Kier alpha value is -1.49. The monoisotopic (exact) mass is 267 g/mol. The van der Waals surface area contributed by atoms with E-state index in [2.05, 4.69) is 17.3 Å². The molecule has 1 aliphatic heterocycles. The summed E-state index contributed by atoms with van der Waals surface area (Å²) < 4.78 is 18.9. The maximum Gasteiger partial charge on any atom is 0.167 e. The number of rotatable bonds is 4. The zero-order valence-corrected chi connectivity index (χ0v) is 11.6. The highest BCUT2D eigenvalue weighted by Gasteiger charge is 2.18. The third-order valence-electron chi connectivity index (χ3n) is 3.39. The molecule has 106 valence electrons. The Morgan fingerprint density at radius 2 is 2.32 bits per heavy atom. The molecule has 0 aromatic heterocycles. The molecule has 1 atom stereocenters. The minimum Gasteiger partial charge on any atom is -0.491 e. The van der Waals surface area contributed by atoms with E-state index in [0.29, 0.717) is 18.3 Å². The van der Waals surface area contributed by atoms with Crippen LogP contribution >= 0.6 is 0 Å². The Bertz CT molecular complexity index is 439. The van der Waals surface area contributed by atoms with Gasteiger partial charge in [0.25, 0.3) is 0 Å². The van der Waals surface area contributed by atoms with Gasteiger partial charge in [0.05, 0.1) is 18.0 Å². The van der Waals surface area contributed by atoms with Crippen molar-refractivity contribution in [3.8, 4) is 5.75 Å². The number of ether oxygens (including phenoxy) is 1. The summed E-state index contributed by atoms with van der Waals surface area (Å²) in [4.78, 5) is 2.28. The Balaban J connectivity index is 2.12. The first-order valence-electron chi connectivity index (χ1n) is 6.77. The first-order valence-corrected chi connectivity index (χ1v) is 6.77. The second kappa shape index (κ2) is 6.10. The molecule has 1 aromatic rings. The molecule has 1 fully saturated rings. The number of nitrogens with one attached hydrogen (secondary N) is 1. The van der Waals surface area contributed by atoms with Gasteiger partial charge in [-0.1, -0.05) is 0 Å². The van der Waals surface area contributed by atoms with E-state index >= 15 is 0 Å². The van der Waals surface area contributed by atoms with Gasteiger partial charge < -0.3 is 20.7 Å². The average Bonchev–Trinajstić information content (AvgIpc) is 2.35. The van der Waals surface area contributed by atoms with E-state index in [1.807, 2.05) is 6.92 Å². The third kappa shape index (κ3) is 3.50. The van der Waals surface area contributed by atoms with Gasteiger partial charge in [0.15, 0.2) is 11.6 Å². The van der Waals surface area contributed by atoms with Crippen molar-refractivity contribution in [3.05, 3.63) is 17.9 Å². The van der Waals surface area contributed by atoms with Crippen LogP contribution in [-0.2, 0) is 0 Å². The van der Waals surface area contributed by atoms with E-state index < -0.39 is 5.82 Å². The molecule has 1 unspecified atom stereocenters. The molecule has 0 amide bonds. The van der Waals surface area contributed by atoms with E-state index in [-0.39, 0.29) is 5.75 Å². The number of halogens is 1. The molecular weight excluding hydrogens is 245 g/mol. The average molecular weight is 267 g/mol. The van der Waals surface area contributed by atoms with Crippen LogP contribution in [0, 0.1) is 5.82 Å². The number of likely N-dealkylation sites (tertiary alicyclic amines) is 1. The fourth-order valence-corrected chi connectivity index (χ4v) is 2.46. The number of benzene rings is 1. The molecule has 4 nitrogen and oxygen atoms in total. The topological polar surface area (TPSA) is 50.5 Å². The highest BCUT2D eigenvalue weighted by Crippen LogP contribution is 2.29. The van der Waals surface area contributed by atoms with Crippen molar-refractivity contribution in [1.29, 1.82) is 0 Å². The van der Waals surface area contributed by atoms with Gasteiger partial charge in [-0.25, -0.2) is 4.39 Å². The molecule has 5 heteroatoms. The molecule has 19 heavy (non-hydrogen) atoms. The number of piperidine rings is 1. The molecule has 0 saturated carbocycles. The van der Waals surface area contributed by atoms with Crippen LogP contribution in [0.5, 0.6) is 5.75 Å². The second-order valence-corrected chi connectivity index (χ2v) is 5.05. The van der Waals surface area contributed by atoms with Crippen molar-refractivity contribution in [2.45, 2.75) is 25.8 Å². The molecule has 0 spiro atoms. The largest absolute Gasteiger partial charge is 0.491 e. The van der Waals surface area contributed by atoms with Crippen molar-refractivity contribution < 1.29 is 9.13 Å². The molecule has 3 N–H and O–H groups in total. The van der Waals surface area contributed by atoms with Crippen LogP contribution in [0.25, 0.3) is 0 Å². The summed E-state index contributed by atoms with van der Waals surface area (Å²) in [7, 11) is 2.10. The number of hydrogen-bond acceptors (Lipinski definition) is 4. The second-order valence-electron chi connectivity index (χ2n) is 5.05. The normalized spacial score (nSPS) is 20.3. The number of nitrogens with zero attached hydrogens (tertiary/aromatic N) is 1. The fraction of sp³-hybridized carbons (Fsp3) is 0.571. The summed E-state index contributed by atoms with van der Waals surface area (Å²) in [6.07, 6.45) is 2.26.